The zero-order chi connectivity index (χ0) is 14.8. The van der Waals surface area contributed by atoms with Gasteiger partial charge in [0.05, 0.1) is 4.90 Å². The lowest BCUT2D eigenvalue weighted by Crippen LogP contribution is -2.42. The lowest BCUT2D eigenvalue weighted by molar-refractivity contribution is 0.355. The van der Waals surface area contributed by atoms with Crippen LogP contribution in [-0.4, -0.2) is 14.5 Å². The van der Waals surface area contributed by atoms with E-state index in [1.807, 2.05) is 27.7 Å². The van der Waals surface area contributed by atoms with Crippen LogP contribution < -0.4 is 4.72 Å². The van der Waals surface area contributed by atoms with Gasteiger partial charge in [-0.2, -0.15) is 0 Å². The quantitative estimate of drug-likeness (QED) is 0.904. The van der Waals surface area contributed by atoms with Gasteiger partial charge in [-0.1, -0.05) is 27.7 Å². The van der Waals surface area contributed by atoms with Gasteiger partial charge in [-0.3, -0.25) is 0 Å². The third kappa shape index (κ3) is 4.01. The average molecular weight is 287 g/mol. The number of aryl methyl sites for hydroxylation is 1. The van der Waals surface area contributed by atoms with Crippen LogP contribution in [0.4, 0.5) is 4.39 Å². The highest BCUT2D eigenvalue weighted by Crippen LogP contribution is 2.20. The van der Waals surface area contributed by atoms with Gasteiger partial charge in [0.25, 0.3) is 0 Å². The lowest BCUT2D eigenvalue weighted by Gasteiger charge is -2.26. The summed E-state index contributed by atoms with van der Waals surface area (Å²) in [6.45, 7) is 9.50. The van der Waals surface area contributed by atoms with E-state index >= 15 is 0 Å². The van der Waals surface area contributed by atoms with Gasteiger partial charge in [0.2, 0.25) is 10.0 Å². The van der Waals surface area contributed by atoms with E-state index in [9.17, 15) is 12.8 Å². The normalized spacial score (nSPS) is 12.7. The molecule has 0 aliphatic heterocycles. The van der Waals surface area contributed by atoms with Gasteiger partial charge in [0, 0.05) is 6.04 Å². The molecule has 0 saturated carbocycles. The topological polar surface area (TPSA) is 46.2 Å². The molecule has 0 bridgehead atoms. The van der Waals surface area contributed by atoms with Crippen molar-refractivity contribution in [3.05, 3.63) is 29.6 Å². The van der Waals surface area contributed by atoms with Gasteiger partial charge in [0.1, 0.15) is 5.82 Å². The van der Waals surface area contributed by atoms with Crippen molar-refractivity contribution in [1.82, 2.24) is 4.72 Å². The van der Waals surface area contributed by atoms with Gasteiger partial charge in [-0.25, -0.2) is 17.5 Å². The predicted octanol–water partition coefficient (Wildman–Crippen LogP) is 3.09. The molecule has 1 N–H and O–H groups in total. The molecule has 0 heterocycles. The van der Waals surface area contributed by atoms with E-state index in [0.29, 0.717) is 5.56 Å². The summed E-state index contributed by atoms with van der Waals surface area (Å²) in [6, 6.07) is 3.56. The Hall–Kier alpha value is -0.940. The summed E-state index contributed by atoms with van der Waals surface area (Å²) in [4.78, 5) is 0.139. The molecule has 0 radical (unpaired) electrons. The zero-order valence-corrected chi connectivity index (χ0v) is 12.9. The second-order valence-corrected chi connectivity index (χ2v) is 7.23. The maximum atomic E-state index is 13.0. The Morgan fingerprint density at radius 3 is 2.05 bits per heavy atom. The molecule has 1 aromatic carbocycles. The first-order valence-corrected chi connectivity index (χ1v) is 7.92. The van der Waals surface area contributed by atoms with Crippen LogP contribution in [-0.2, 0) is 10.0 Å². The molecular weight excluding hydrogens is 265 g/mol. The Labute approximate surface area is 115 Å². The fraction of sp³-hybridized carbons (Fsp3) is 0.571. The molecule has 0 spiro atoms. The van der Waals surface area contributed by atoms with E-state index < -0.39 is 15.8 Å². The van der Waals surface area contributed by atoms with Crippen molar-refractivity contribution in [3.8, 4) is 0 Å². The van der Waals surface area contributed by atoms with Crippen LogP contribution in [0.5, 0.6) is 0 Å². The van der Waals surface area contributed by atoms with Crippen molar-refractivity contribution < 1.29 is 12.8 Å². The number of halogens is 1. The number of hydrogen-bond acceptors (Lipinski definition) is 2. The van der Waals surface area contributed by atoms with Crippen molar-refractivity contribution >= 4 is 10.0 Å². The number of benzene rings is 1. The summed E-state index contributed by atoms with van der Waals surface area (Å²) in [5.74, 6) is -0.0493. The van der Waals surface area contributed by atoms with Gasteiger partial charge in [-0.15, -0.1) is 0 Å². The Morgan fingerprint density at radius 2 is 1.63 bits per heavy atom. The summed E-state index contributed by atoms with van der Waals surface area (Å²) in [6.07, 6.45) is 0. The van der Waals surface area contributed by atoms with Crippen molar-refractivity contribution in [2.45, 2.75) is 45.6 Å². The lowest BCUT2D eigenvalue weighted by atomic mass is 9.94. The van der Waals surface area contributed by atoms with E-state index in [2.05, 4.69) is 4.72 Å². The molecular formula is C14H22FNO2S. The van der Waals surface area contributed by atoms with Crippen LogP contribution in [0, 0.1) is 24.6 Å². The molecule has 0 unspecified atom stereocenters. The van der Waals surface area contributed by atoms with Crippen LogP contribution >= 0.6 is 0 Å². The molecule has 0 fully saturated rings. The molecule has 0 amide bonds. The highest BCUT2D eigenvalue weighted by atomic mass is 32.2. The summed E-state index contributed by atoms with van der Waals surface area (Å²) in [5.41, 5.74) is 0.416. The number of sulfonamides is 1. The molecule has 5 heteroatoms. The molecule has 19 heavy (non-hydrogen) atoms. The highest BCUT2D eigenvalue weighted by molar-refractivity contribution is 7.89. The summed E-state index contributed by atoms with van der Waals surface area (Å²) >= 11 is 0. The molecule has 0 aliphatic carbocycles. The largest absolute Gasteiger partial charge is 0.241 e. The van der Waals surface area contributed by atoms with Gasteiger partial charge < -0.3 is 0 Å². The van der Waals surface area contributed by atoms with E-state index in [-0.39, 0.29) is 22.8 Å². The Morgan fingerprint density at radius 1 is 1.11 bits per heavy atom. The van der Waals surface area contributed by atoms with Crippen LogP contribution in [0.25, 0.3) is 0 Å². The van der Waals surface area contributed by atoms with Gasteiger partial charge in [-0.05, 0) is 42.5 Å². The van der Waals surface area contributed by atoms with Crippen molar-refractivity contribution in [3.63, 3.8) is 0 Å². The average Bonchev–Trinajstić information content (AvgIpc) is 2.24. The predicted molar refractivity (Wildman–Crippen MR) is 74.9 cm³/mol. The first-order valence-electron chi connectivity index (χ1n) is 6.43. The highest BCUT2D eigenvalue weighted by Gasteiger charge is 2.25. The second kappa shape index (κ2) is 6.01. The summed E-state index contributed by atoms with van der Waals surface area (Å²) in [7, 11) is -3.61. The van der Waals surface area contributed by atoms with Crippen molar-refractivity contribution in [2.75, 3.05) is 0 Å². The smallest absolute Gasteiger partial charge is 0.208 e. The molecule has 0 atom stereocenters. The summed E-state index contributed by atoms with van der Waals surface area (Å²) in [5, 5.41) is 0. The maximum Gasteiger partial charge on any atom is 0.241 e. The molecule has 1 rings (SSSR count). The van der Waals surface area contributed by atoms with Crippen molar-refractivity contribution in [2.24, 2.45) is 11.8 Å². The minimum Gasteiger partial charge on any atom is -0.208 e. The van der Waals surface area contributed by atoms with E-state index in [1.165, 1.54) is 18.2 Å². The number of rotatable bonds is 5. The first kappa shape index (κ1) is 16.1. The Kier molecular flexibility index (Phi) is 5.10. The van der Waals surface area contributed by atoms with Crippen LogP contribution in [0.3, 0.4) is 0 Å². The molecule has 0 aliphatic rings. The Balaban J connectivity index is 3.10. The second-order valence-electron chi connectivity index (χ2n) is 5.54. The standard InChI is InChI=1S/C14H22FNO2S/c1-9(2)14(10(3)4)16-19(17,18)13-7-6-12(15)8-11(13)5/h6-10,14,16H,1-5H3. The molecule has 0 saturated heterocycles. The fourth-order valence-corrected chi connectivity index (χ4v) is 3.96. The molecule has 108 valence electrons. The van der Waals surface area contributed by atoms with Gasteiger partial charge in [0.15, 0.2) is 0 Å². The third-order valence-electron chi connectivity index (χ3n) is 3.15. The number of hydrogen-bond donors (Lipinski definition) is 1. The van der Waals surface area contributed by atoms with Crippen LogP contribution in [0.15, 0.2) is 23.1 Å². The van der Waals surface area contributed by atoms with Crippen LogP contribution in [0.1, 0.15) is 33.3 Å². The summed E-state index contributed by atoms with van der Waals surface area (Å²) < 4.78 is 40.5. The molecule has 1 aromatic rings. The van der Waals surface area contributed by atoms with E-state index in [4.69, 9.17) is 0 Å². The maximum absolute atomic E-state index is 13.0. The van der Waals surface area contributed by atoms with Gasteiger partial charge >= 0.3 is 0 Å². The van der Waals surface area contributed by atoms with E-state index in [0.717, 1.165) is 0 Å². The first-order chi connectivity index (χ1) is 8.65. The number of nitrogens with one attached hydrogen (secondary N) is 1. The SMILES string of the molecule is Cc1cc(F)ccc1S(=O)(=O)NC(C(C)C)C(C)C. The minimum absolute atomic E-state index is 0.139. The van der Waals surface area contributed by atoms with Crippen molar-refractivity contribution in [1.29, 1.82) is 0 Å². The zero-order valence-electron chi connectivity index (χ0n) is 12.1. The fourth-order valence-electron chi connectivity index (χ4n) is 2.20. The Bertz CT molecular complexity index is 530. The molecule has 3 nitrogen and oxygen atoms in total. The molecule has 0 aromatic heterocycles. The van der Waals surface area contributed by atoms with Crippen LogP contribution in [0.2, 0.25) is 0 Å². The van der Waals surface area contributed by atoms with E-state index in [1.54, 1.807) is 6.92 Å². The third-order valence-corrected chi connectivity index (χ3v) is 4.77. The monoisotopic (exact) mass is 287 g/mol. The minimum atomic E-state index is -3.61.